The topological polar surface area (TPSA) is 70.3 Å². The van der Waals surface area contributed by atoms with Gasteiger partial charge in [0, 0.05) is 12.0 Å². The van der Waals surface area contributed by atoms with Crippen molar-refractivity contribution in [1.29, 1.82) is 0 Å². The first-order chi connectivity index (χ1) is 11.7. The average Bonchev–Trinajstić information content (AvgIpc) is 2.95. The van der Waals surface area contributed by atoms with E-state index < -0.39 is 0 Å². The van der Waals surface area contributed by atoms with E-state index in [4.69, 9.17) is 0 Å². The van der Waals surface area contributed by atoms with Gasteiger partial charge in [0.25, 0.3) is 0 Å². The van der Waals surface area contributed by atoms with Gasteiger partial charge < -0.3 is 15.6 Å². The molecule has 3 aromatic rings. The molecule has 5 heteroatoms. The zero-order chi connectivity index (χ0) is 16.5. The Kier molecular flexibility index (Phi) is 3.86. The van der Waals surface area contributed by atoms with Crippen molar-refractivity contribution in [2.75, 3.05) is 13.1 Å². The second-order valence-electron chi connectivity index (χ2n) is 6.52. The van der Waals surface area contributed by atoms with Gasteiger partial charge in [0.2, 0.25) is 0 Å². The van der Waals surface area contributed by atoms with Crippen LogP contribution in [-0.4, -0.2) is 33.3 Å². The first kappa shape index (κ1) is 15.0. The third-order valence-electron chi connectivity index (χ3n) is 4.85. The van der Waals surface area contributed by atoms with E-state index >= 15 is 0 Å². The summed E-state index contributed by atoms with van der Waals surface area (Å²) in [5.41, 5.74) is 3.21. The summed E-state index contributed by atoms with van der Waals surface area (Å²) in [6, 6.07) is 11.6. The Hall–Kier alpha value is -2.53. The molecule has 0 atom stereocenters. The highest BCUT2D eigenvalue weighted by Gasteiger charge is 2.21. The average molecular weight is 323 g/mol. The minimum atomic E-state index is 0.273. The van der Waals surface area contributed by atoms with Gasteiger partial charge in [-0.3, -0.25) is 0 Å². The van der Waals surface area contributed by atoms with Crippen LogP contribution in [0.3, 0.4) is 0 Å². The summed E-state index contributed by atoms with van der Waals surface area (Å²) in [6.45, 7) is 2.02. The van der Waals surface area contributed by atoms with Crippen molar-refractivity contribution < 1.29 is 10.3 Å². The molecule has 24 heavy (non-hydrogen) atoms. The van der Waals surface area contributed by atoms with Gasteiger partial charge in [0.05, 0.1) is 11.9 Å². The summed E-state index contributed by atoms with van der Waals surface area (Å²) in [5, 5.41) is 29.2. The van der Waals surface area contributed by atoms with Gasteiger partial charge in [-0.25, -0.2) is 0 Å². The maximum atomic E-state index is 9.81. The van der Waals surface area contributed by atoms with Crippen LogP contribution >= 0.6 is 0 Å². The Balaban J connectivity index is 1.65. The van der Waals surface area contributed by atoms with Crippen LogP contribution in [0.25, 0.3) is 10.8 Å². The lowest BCUT2D eigenvalue weighted by molar-refractivity contribution is 0.147. The lowest BCUT2D eigenvalue weighted by atomic mass is 9.89. The highest BCUT2D eigenvalue weighted by Crippen LogP contribution is 2.29. The van der Waals surface area contributed by atoms with Crippen molar-refractivity contribution in [2.24, 2.45) is 0 Å². The molecule has 1 aliphatic heterocycles. The van der Waals surface area contributed by atoms with Gasteiger partial charge in [0.1, 0.15) is 5.75 Å². The highest BCUT2D eigenvalue weighted by molar-refractivity contribution is 5.84. The summed E-state index contributed by atoms with van der Waals surface area (Å²) in [6.07, 6.45) is 4.57. The van der Waals surface area contributed by atoms with E-state index in [1.54, 1.807) is 18.3 Å². The van der Waals surface area contributed by atoms with Crippen molar-refractivity contribution >= 4 is 10.8 Å². The van der Waals surface area contributed by atoms with E-state index in [0.717, 1.165) is 58.4 Å². The molecule has 0 saturated carbocycles. The third kappa shape index (κ3) is 2.95. The number of piperidine rings is 1. The van der Waals surface area contributed by atoms with Crippen LogP contribution in [0, 0.1) is 0 Å². The highest BCUT2D eigenvalue weighted by atomic mass is 16.5. The molecule has 2 heterocycles. The molecule has 0 radical (unpaired) electrons. The Morgan fingerprint density at radius 1 is 1.08 bits per heavy atom. The molecule has 1 saturated heterocycles. The lowest BCUT2D eigenvalue weighted by Gasteiger charge is -2.22. The number of rotatable bonds is 3. The van der Waals surface area contributed by atoms with Gasteiger partial charge >= 0.3 is 0 Å². The van der Waals surface area contributed by atoms with E-state index in [1.807, 2.05) is 6.07 Å². The number of hydrogen-bond donors (Lipinski definition) is 3. The quantitative estimate of drug-likeness (QED) is 0.648. The first-order valence-electron chi connectivity index (χ1n) is 8.39. The van der Waals surface area contributed by atoms with Gasteiger partial charge in [-0.15, -0.1) is 9.94 Å². The molecular weight excluding hydrogens is 302 g/mol. The second-order valence-corrected chi connectivity index (χ2v) is 6.52. The summed E-state index contributed by atoms with van der Waals surface area (Å²) in [5.74, 6) is 0.723. The van der Waals surface area contributed by atoms with Crippen LogP contribution in [0.15, 0.2) is 42.6 Å². The fourth-order valence-electron chi connectivity index (χ4n) is 3.61. The number of phenolic OH excluding ortho intramolecular Hbond substituents is 1. The summed E-state index contributed by atoms with van der Waals surface area (Å²) in [4.78, 5) is 0.944. The number of phenols is 1. The predicted octanol–water partition coefficient (Wildman–Crippen LogP) is 3.04. The minimum Gasteiger partial charge on any atom is -0.508 e. The van der Waals surface area contributed by atoms with Crippen LogP contribution in [0.1, 0.15) is 35.6 Å². The van der Waals surface area contributed by atoms with Crippen molar-refractivity contribution in [2.45, 2.75) is 25.2 Å². The Bertz CT molecular complexity index is 866. The van der Waals surface area contributed by atoms with Crippen LogP contribution in [0.5, 0.6) is 5.75 Å². The number of aromatic hydroxyl groups is 1. The van der Waals surface area contributed by atoms with Crippen molar-refractivity contribution in [3.8, 4) is 5.75 Å². The standard InChI is InChI=1S/C19H21N3O2/c23-17-4-3-14-2-1-13(9-16(14)11-17)10-19-18(12-22(24)21-19)15-5-7-20-8-6-15/h1-4,9,11-12,15,20,23-24H,5-8,10H2. The number of benzene rings is 2. The van der Waals surface area contributed by atoms with Gasteiger partial charge in [-0.05, 0) is 60.3 Å². The van der Waals surface area contributed by atoms with Crippen molar-refractivity contribution in [3.63, 3.8) is 0 Å². The number of fused-ring (bicyclic) bond motifs is 1. The Labute approximate surface area is 140 Å². The van der Waals surface area contributed by atoms with E-state index in [0.29, 0.717) is 12.3 Å². The molecule has 0 spiro atoms. The van der Waals surface area contributed by atoms with Crippen LogP contribution < -0.4 is 5.32 Å². The van der Waals surface area contributed by atoms with Crippen LogP contribution in [0.4, 0.5) is 0 Å². The fourth-order valence-corrected chi connectivity index (χ4v) is 3.61. The molecule has 4 rings (SSSR count). The Morgan fingerprint density at radius 3 is 2.71 bits per heavy atom. The van der Waals surface area contributed by atoms with Crippen molar-refractivity contribution in [1.82, 2.24) is 15.3 Å². The molecule has 1 aromatic heterocycles. The first-order valence-corrected chi connectivity index (χ1v) is 8.39. The number of hydrogen-bond acceptors (Lipinski definition) is 4. The van der Waals surface area contributed by atoms with Crippen LogP contribution in [-0.2, 0) is 6.42 Å². The zero-order valence-corrected chi connectivity index (χ0v) is 13.4. The SMILES string of the molecule is Oc1ccc2ccc(Cc3nn(O)cc3C3CCNCC3)cc2c1. The lowest BCUT2D eigenvalue weighted by Crippen LogP contribution is -2.26. The van der Waals surface area contributed by atoms with Gasteiger partial charge in [-0.1, -0.05) is 24.3 Å². The molecule has 3 N–H and O–H groups in total. The smallest absolute Gasteiger partial charge is 0.116 e. The zero-order valence-electron chi connectivity index (χ0n) is 13.4. The van der Waals surface area contributed by atoms with Gasteiger partial charge in [-0.2, -0.15) is 0 Å². The number of nitrogens with zero attached hydrogens (tertiary/aromatic N) is 2. The molecule has 1 fully saturated rings. The molecule has 0 aliphatic carbocycles. The molecule has 2 aromatic carbocycles. The molecular formula is C19H21N3O2. The third-order valence-corrected chi connectivity index (χ3v) is 4.85. The summed E-state index contributed by atoms with van der Waals surface area (Å²) in [7, 11) is 0. The minimum absolute atomic E-state index is 0.273. The van der Waals surface area contributed by atoms with E-state index in [-0.39, 0.29) is 5.75 Å². The van der Waals surface area contributed by atoms with Crippen molar-refractivity contribution in [3.05, 3.63) is 59.4 Å². The van der Waals surface area contributed by atoms with E-state index in [9.17, 15) is 10.3 Å². The molecule has 0 unspecified atom stereocenters. The second kappa shape index (κ2) is 6.17. The predicted molar refractivity (Wildman–Crippen MR) is 92.7 cm³/mol. The molecule has 5 nitrogen and oxygen atoms in total. The fraction of sp³-hybridized carbons (Fsp3) is 0.316. The summed E-state index contributed by atoms with van der Waals surface area (Å²) >= 11 is 0. The van der Waals surface area contributed by atoms with E-state index in [1.165, 1.54) is 0 Å². The molecule has 0 bridgehead atoms. The number of aromatic nitrogens is 2. The maximum absolute atomic E-state index is 9.81. The monoisotopic (exact) mass is 323 g/mol. The molecule has 0 amide bonds. The van der Waals surface area contributed by atoms with Gasteiger partial charge in [0.15, 0.2) is 0 Å². The van der Waals surface area contributed by atoms with E-state index in [2.05, 4.69) is 28.6 Å². The van der Waals surface area contributed by atoms with Crippen LogP contribution in [0.2, 0.25) is 0 Å². The molecule has 124 valence electrons. The maximum Gasteiger partial charge on any atom is 0.116 e. The normalized spacial score (nSPS) is 15.8. The number of nitrogens with one attached hydrogen (secondary N) is 1. The largest absolute Gasteiger partial charge is 0.508 e. The molecule has 1 aliphatic rings. The summed E-state index contributed by atoms with van der Waals surface area (Å²) < 4.78 is 0. The Morgan fingerprint density at radius 2 is 1.88 bits per heavy atom.